The van der Waals surface area contributed by atoms with E-state index in [0.717, 1.165) is 53.8 Å². The molecule has 2 aliphatic rings. The predicted molar refractivity (Wildman–Crippen MR) is 141 cm³/mol. The molecule has 1 aliphatic carbocycles. The minimum absolute atomic E-state index is 0.166. The Kier molecular flexibility index (Phi) is 6.55. The highest BCUT2D eigenvalue weighted by Gasteiger charge is 2.33. The Morgan fingerprint density at radius 3 is 2.59 bits per heavy atom. The van der Waals surface area contributed by atoms with Crippen molar-refractivity contribution >= 4 is 28.7 Å². The van der Waals surface area contributed by atoms with Crippen molar-refractivity contribution in [1.29, 1.82) is 0 Å². The van der Waals surface area contributed by atoms with Gasteiger partial charge in [-0.25, -0.2) is 9.18 Å². The molecule has 0 radical (unpaired) electrons. The number of carbonyl (C=O) groups excluding carboxylic acids is 1. The van der Waals surface area contributed by atoms with E-state index in [9.17, 15) is 9.18 Å². The average Bonchev–Trinajstić information content (AvgIpc) is 3.43. The monoisotopic (exact) mass is 553 g/mol. The van der Waals surface area contributed by atoms with E-state index in [4.69, 9.17) is 25.7 Å². The van der Waals surface area contributed by atoms with Crippen LogP contribution in [0.25, 0.3) is 16.7 Å². The van der Waals surface area contributed by atoms with Crippen LogP contribution in [0.5, 0.6) is 0 Å². The van der Waals surface area contributed by atoms with Gasteiger partial charge in [-0.05, 0) is 88.4 Å². The van der Waals surface area contributed by atoms with Crippen LogP contribution in [0, 0.1) is 5.82 Å². The SMILES string of the molecule is CC(C)(C)OC(=O)ON1Cc2cc(Cl)ccc2-n2c(nnc2[C@H]2CC[C@H](c3noc4ccc(F)cc43)CC2)C1. The van der Waals surface area contributed by atoms with E-state index in [-0.39, 0.29) is 24.2 Å². The molecule has 2 aromatic carbocycles. The van der Waals surface area contributed by atoms with Crippen LogP contribution >= 0.6 is 11.6 Å². The van der Waals surface area contributed by atoms with Gasteiger partial charge in [-0.3, -0.25) is 4.57 Å². The normalized spacial score (nSPS) is 19.8. The lowest BCUT2D eigenvalue weighted by molar-refractivity contribution is -0.155. The van der Waals surface area contributed by atoms with Crippen molar-refractivity contribution in [3.63, 3.8) is 0 Å². The molecule has 39 heavy (non-hydrogen) atoms. The molecule has 0 amide bonds. The van der Waals surface area contributed by atoms with Crippen molar-refractivity contribution in [2.75, 3.05) is 0 Å². The van der Waals surface area contributed by atoms with Crippen LogP contribution in [0.3, 0.4) is 0 Å². The van der Waals surface area contributed by atoms with Crippen LogP contribution in [0.15, 0.2) is 40.9 Å². The second-order valence-corrected chi connectivity index (χ2v) is 11.6. The number of carbonyl (C=O) groups is 1. The Morgan fingerprint density at radius 2 is 1.82 bits per heavy atom. The van der Waals surface area contributed by atoms with Gasteiger partial charge >= 0.3 is 6.16 Å². The number of halogens is 2. The lowest BCUT2D eigenvalue weighted by Gasteiger charge is -2.27. The minimum Gasteiger partial charge on any atom is -0.427 e. The van der Waals surface area contributed by atoms with Crippen LogP contribution in [-0.4, -0.2) is 36.7 Å². The molecule has 2 aromatic heterocycles. The first kappa shape index (κ1) is 25.8. The van der Waals surface area contributed by atoms with E-state index < -0.39 is 11.8 Å². The van der Waals surface area contributed by atoms with Gasteiger partial charge in [0.1, 0.15) is 17.2 Å². The fourth-order valence-corrected chi connectivity index (χ4v) is 5.74. The molecule has 0 unspecified atom stereocenters. The fourth-order valence-electron chi connectivity index (χ4n) is 5.55. The van der Waals surface area contributed by atoms with Crippen molar-refractivity contribution in [2.24, 2.45) is 0 Å². The first-order valence-electron chi connectivity index (χ1n) is 13.1. The van der Waals surface area contributed by atoms with E-state index in [1.165, 1.54) is 17.2 Å². The molecule has 3 heterocycles. The Balaban J connectivity index is 1.26. The molecule has 1 aliphatic heterocycles. The molecule has 204 valence electrons. The summed E-state index contributed by atoms with van der Waals surface area (Å²) >= 11 is 6.35. The molecule has 4 aromatic rings. The number of hydrogen-bond acceptors (Lipinski definition) is 8. The number of hydrogen-bond donors (Lipinski definition) is 0. The summed E-state index contributed by atoms with van der Waals surface area (Å²) in [5.74, 6) is 1.58. The van der Waals surface area contributed by atoms with E-state index in [2.05, 4.69) is 19.9 Å². The summed E-state index contributed by atoms with van der Waals surface area (Å²) in [4.78, 5) is 18.0. The van der Waals surface area contributed by atoms with Crippen LogP contribution < -0.4 is 0 Å². The van der Waals surface area contributed by atoms with Crippen LogP contribution in [0.4, 0.5) is 9.18 Å². The van der Waals surface area contributed by atoms with Gasteiger partial charge in [0, 0.05) is 22.2 Å². The van der Waals surface area contributed by atoms with Crippen molar-refractivity contribution in [3.05, 3.63) is 70.1 Å². The second kappa shape index (κ2) is 9.91. The maximum Gasteiger partial charge on any atom is 0.528 e. The molecule has 0 bridgehead atoms. The molecular formula is C28H29ClFN5O4. The smallest absolute Gasteiger partial charge is 0.427 e. The van der Waals surface area contributed by atoms with Crippen LogP contribution in [-0.2, 0) is 22.7 Å². The van der Waals surface area contributed by atoms with Gasteiger partial charge in [-0.1, -0.05) is 16.8 Å². The second-order valence-electron chi connectivity index (χ2n) is 11.2. The number of nitrogens with zero attached hydrogens (tertiary/aromatic N) is 5. The molecule has 1 saturated carbocycles. The number of rotatable bonds is 3. The maximum absolute atomic E-state index is 13.9. The lowest BCUT2D eigenvalue weighted by Crippen LogP contribution is -2.31. The zero-order chi connectivity index (χ0) is 27.3. The summed E-state index contributed by atoms with van der Waals surface area (Å²) in [5.41, 5.74) is 2.53. The zero-order valence-electron chi connectivity index (χ0n) is 22.0. The fraction of sp³-hybridized carbons (Fsp3) is 0.429. The quantitative estimate of drug-likeness (QED) is 0.255. The number of hydroxylamine groups is 2. The third-order valence-corrected chi connectivity index (χ3v) is 7.47. The Morgan fingerprint density at radius 1 is 1.05 bits per heavy atom. The van der Waals surface area contributed by atoms with Crippen molar-refractivity contribution in [1.82, 2.24) is 25.0 Å². The first-order chi connectivity index (χ1) is 18.6. The average molecular weight is 554 g/mol. The largest absolute Gasteiger partial charge is 0.528 e. The Hall–Kier alpha value is -3.50. The molecular weight excluding hydrogens is 525 g/mol. The highest BCUT2D eigenvalue weighted by atomic mass is 35.5. The number of fused-ring (bicyclic) bond motifs is 4. The first-order valence-corrected chi connectivity index (χ1v) is 13.5. The topological polar surface area (TPSA) is 95.5 Å². The highest BCUT2D eigenvalue weighted by molar-refractivity contribution is 6.30. The van der Waals surface area contributed by atoms with Crippen LogP contribution in [0.1, 0.15) is 81.2 Å². The molecule has 1 fully saturated rings. The third kappa shape index (κ3) is 5.23. The van der Waals surface area contributed by atoms with E-state index in [0.29, 0.717) is 23.0 Å². The predicted octanol–water partition coefficient (Wildman–Crippen LogP) is 6.82. The maximum atomic E-state index is 13.9. The highest BCUT2D eigenvalue weighted by Crippen LogP contribution is 2.43. The molecule has 0 saturated heterocycles. The molecule has 6 rings (SSSR count). The van der Waals surface area contributed by atoms with Crippen molar-refractivity contribution < 1.29 is 23.3 Å². The van der Waals surface area contributed by atoms with E-state index >= 15 is 0 Å². The molecule has 0 atom stereocenters. The van der Waals surface area contributed by atoms with Gasteiger partial charge in [0.15, 0.2) is 11.4 Å². The Bertz CT molecular complexity index is 1540. The van der Waals surface area contributed by atoms with Crippen molar-refractivity contribution in [3.8, 4) is 5.69 Å². The summed E-state index contributed by atoms with van der Waals surface area (Å²) in [6.07, 6.45) is 2.69. The summed E-state index contributed by atoms with van der Waals surface area (Å²) in [6, 6.07) is 10.2. The van der Waals surface area contributed by atoms with Gasteiger partial charge in [0.25, 0.3) is 0 Å². The summed E-state index contributed by atoms with van der Waals surface area (Å²) in [7, 11) is 0. The Labute approximate surface area is 229 Å². The summed E-state index contributed by atoms with van der Waals surface area (Å²) < 4.78 is 26.8. The van der Waals surface area contributed by atoms with Gasteiger partial charge in [-0.2, -0.15) is 0 Å². The van der Waals surface area contributed by atoms with E-state index in [1.807, 2.05) is 18.2 Å². The van der Waals surface area contributed by atoms with Gasteiger partial charge in [-0.15, -0.1) is 15.3 Å². The zero-order valence-corrected chi connectivity index (χ0v) is 22.7. The molecule has 9 nitrogen and oxygen atoms in total. The lowest BCUT2D eigenvalue weighted by atomic mass is 9.79. The van der Waals surface area contributed by atoms with Gasteiger partial charge in [0.05, 0.1) is 24.5 Å². The standard InChI is InChI=1S/C28H29ClFN5O4/c1-28(2,3)37-27(36)39-34-14-18-12-19(29)8-10-22(18)35-24(15-34)31-32-26(35)17-6-4-16(5-7-17)25-21-13-20(30)9-11-23(21)38-33-25/h8-13,16-17H,4-7,14-15H2,1-3H3/t16-,17-. The number of aromatic nitrogens is 4. The number of benzene rings is 2. The minimum atomic E-state index is -0.780. The molecule has 0 N–H and O–H groups in total. The van der Waals surface area contributed by atoms with Gasteiger partial charge < -0.3 is 14.1 Å². The van der Waals surface area contributed by atoms with E-state index in [1.54, 1.807) is 26.8 Å². The summed E-state index contributed by atoms with van der Waals surface area (Å²) in [5, 5.41) is 16.2. The van der Waals surface area contributed by atoms with Crippen LogP contribution in [0.2, 0.25) is 5.02 Å². The summed E-state index contributed by atoms with van der Waals surface area (Å²) in [6.45, 7) is 5.91. The molecule has 0 spiro atoms. The molecule has 11 heteroatoms. The third-order valence-electron chi connectivity index (χ3n) is 7.23. The number of ether oxygens (including phenoxy) is 1. The van der Waals surface area contributed by atoms with Gasteiger partial charge in [0.2, 0.25) is 0 Å². The van der Waals surface area contributed by atoms with Crippen molar-refractivity contribution in [2.45, 2.75) is 77.0 Å².